The molecule has 0 bridgehead atoms. The van der Waals surface area contributed by atoms with Gasteiger partial charge in [0.25, 0.3) is 0 Å². The maximum absolute atomic E-state index is 10.6. The Balaban J connectivity index is 2.63. The summed E-state index contributed by atoms with van der Waals surface area (Å²) in [6.07, 6.45) is 0.910. The Morgan fingerprint density at radius 2 is 2.17 bits per heavy atom. The van der Waals surface area contributed by atoms with Gasteiger partial charge in [-0.2, -0.15) is 0 Å². The number of carboxylic acid groups (broad SMARTS) is 1. The summed E-state index contributed by atoms with van der Waals surface area (Å²) in [5.41, 5.74) is 1.08. The van der Waals surface area contributed by atoms with Crippen LogP contribution in [0, 0.1) is 6.92 Å². The molecule has 0 amide bonds. The molecule has 102 valence electrons. The van der Waals surface area contributed by atoms with Gasteiger partial charge in [0.15, 0.2) is 0 Å². The van der Waals surface area contributed by atoms with Gasteiger partial charge in [0.1, 0.15) is 0 Å². The lowest BCUT2D eigenvalue weighted by Crippen LogP contribution is -2.34. The number of carbonyl (C=O) groups is 1. The fraction of sp³-hybridized carbons (Fsp3) is 0.692. The molecule has 0 aliphatic heterocycles. The highest BCUT2D eigenvalue weighted by atomic mass is 32.1. The van der Waals surface area contributed by atoms with E-state index in [0.29, 0.717) is 12.5 Å². The molecule has 18 heavy (non-hydrogen) atoms. The third-order valence-corrected chi connectivity index (χ3v) is 3.82. The second-order valence-electron chi connectivity index (χ2n) is 4.80. The van der Waals surface area contributed by atoms with E-state index in [-0.39, 0.29) is 12.5 Å². The first-order valence-electron chi connectivity index (χ1n) is 6.31. The Kier molecular flexibility index (Phi) is 5.75. The molecule has 1 heterocycles. The van der Waals surface area contributed by atoms with Gasteiger partial charge in [-0.1, -0.05) is 0 Å². The lowest BCUT2D eigenvalue weighted by molar-refractivity contribution is -0.137. The van der Waals surface area contributed by atoms with Crippen LogP contribution in [0.25, 0.3) is 0 Å². The van der Waals surface area contributed by atoms with Gasteiger partial charge >= 0.3 is 5.97 Å². The van der Waals surface area contributed by atoms with Crippen LogP contribution in [0.4, 0.5) is 0 Å². The number of aromatic nitrogens is 1. The van der Waals surface area contributed by atoms with Crippen LogP contribution in [0.15, 0.2) is 5.38 Å². The van der Waals surface area contributed by atoms with Crippen LogP contribution in [-0.2, 0) is 4.79 Å². The van der Waals surface area contributed by atoms with Crippen LogP contribution >= 0.6 is 11.3 Å². The Labute approximate surface area is 113 Å². The van der Waals surface area contributed by atoms with Gasteiger partial charge in [-0.15, -0.1) is 11.3 Å². The second kappa shape index (κ2) is 6.85. The summed E-state index contributed by atoms with van der Waals surface area (Å²) >= 11 is 1.66. The number of rotatable bonds is 7. The van der Waals surface area contributed by atoms with Crippen molar-refractivity contribution in [2.45, 2.75) is 52.6 Å². The van der Waals surface area contributed by atoms with Crippen LogP contribution in [-0.4, -0.2) is 33.5 Å². The van der Waals surface area contributed by atoms with E-state index < -0.39 is 5.97 Å². The number of aryl methyl sites for hydroxylation is 1. The van der Waals surface area contributed by atoms with Crippen LogP contribution in [0.5, 0.6) is 0 Å². The second-order valence-corrected chi connectivity index (χ2v) is 5.86. The summed E-state index contributed by atoms with van der Waals surface area (Å²) < 4.78 is 0. The molecule has 1 rings (SSSR count). The minimum Gasteiger partial charge on any atom is -0.481 e. The Bertz CT molecular complexity index is 390. The van der Waals surface area contributed by atoms with Gasteiger partial charge in [-0.25, -0.2) is 4.98 Å². The highest BCUT2D eigenvalue weighted by Gasteiger charge is 2.20. The van der Waals surface area contributed by atoms with Crippen molar-refractivity contribution < 1.29 is 9.90 Å². The molecule has 4 nitrogen and oxygen atoms in total. The van der Waals surface area contributed by atoms with Crippen LogP contribution < -0.4 is 0 Å². The van der Waals surface area contributed by atoms with E-state index in [9.17, 15) is 4.79 Å². The summed E-state index contributed by atoms with van der Waals surface area (Å²) in [6, 6.07) is 0.625. The van der Waals surface area contributed by atoms with Crippen LogP contribution in [0.3, 0.4) is 0 Å². The molecule has 0 radical (unpaired) electrons. The molecule has 0 saturated heterocycles. The molecule has 0 saturated carbocycles. The zero-order valence-corrected chi connectivity index (χ0v) is 12.3. The van der Waals surface area contributed by atoms with Crippen molar-refractivity contribution in [3.8, 4) is 0 Å². The van der Waals surface area contributed by atoms with Crippen molar-refractivity contribution in [2.24, 2.45) is 0 Å². The molecule has 0 aromatic carbocycles. The summed E-state index contributed by atoms with van der Waals surface area (Å²) in [5, 5.41) is 11.9. The number of aliphatic carboxylic acids is 1. The van der Waals surface area contributed by atoms with Crippen molar-refractivity contribution in [3.63, 3.8) is 0 Å². The van der Waals surface area contributed by atoms with Gasteiger partial charge in [0.05, 0.1) is 16.7 Å². The highest BCUT2D eigenvalue weighted by Crippen LogP contribution is 2.24. The first-order chi connectivity index (χ1) is 8.41. The largest absolute Gasteiger partial charge is 0.481 e. The minimum absolute atomic E-state index is 0.228. The van der Waals surface area contributed by atoms with Crippen molar-refractivity contribution in [1.82, 2.24) is 9.88 Å². The predicted octanol–water partition coefficient (Wildman–Crippen LogP) is 3.09. The van der Waals surface area contributed by atoms with Gasteiger partial charge in [0, 0.05) is 17.8 Å². The normalized spacial score (nSPS) is 13.2. The minimum atomic E-state index is -0.726. The molecule has 1 aromatic heterocycles. The van der Waals surface area contributed by atoms with Crippen molar-refractivity contribution in [2.75, 3.05) is 6.54 Å². The maximum Gasteiger partial charge on any atom is 0.303 e. The molecular weight excluding hydrogens is 248 g/mol. The zero-order chi connectivity index (χ0) is 13.7. The number of hydrogen-bond acceptors (Lipinski definition) is 4. The molecular formula is C13H22N2O2S. The van der Waals surface area contributed by atoms with Gasteiger partial charge in [-0.05, 0) is 40.7 Å². The predicted molar refractivity (Wildman–Crippen MR) is 74.0 cm³/mol. The van der Waals surface area contributed by atoms with Crippen LogP contribution in [0.1, 0.15) is 50.4 Å². The van der Waals surface area contributed by atoms with E-state index in [2.05, 4.69) is 36.0 Å². The Morgan fingerprint density at radius 3 is 2.61 bits per heavy atom. The first kappa shape index (κ1) is 15.1. The molecule has 1 atom stereocenters. The van der Waals surface area contributed by atoms with E-state index in [4.69, 9.17) is 5.11 Å². The number of hydrogen-bond donors (Lipinski definition) is 1. The van der Waals surface area contributed by atoms with Crippen molar-refractivity contribution in [1.29, 1.82) is 0 Å². The third-order valence-electron chi connectivity index (χ3n) is 3.03. The van der Waals surface area contributed by atoms with Gasteiger partial charge < -0.3 is 5.11 Å². The summed E-state index contributed by atoms with van der Waals surface area (Å²) in [7, 11) is 0. The smallest absolute Gasteiger partial charge is 0.303 e. The lowest BCUT2D eigenvalue weighted by Gasteiger charge is -2.31. The molecule has 0 spiro atoms. The van der Waals surface area contributed by atoms with E-state index >= 15 is 0 Å². The summed E-state index contributed by atoms with van der Waals surface area (Å²) in [4.78, 5) is 17.4. The maximum atomic E-state index is 10.6. The van der Waals surface area contributed by atoms with E-state index in [1.807, 2.05) is 6.92 Å². The fourth-order valence-electron chi connectivity index (χ4n) is 2.05. The van der Waals surface area contributed by atoms with Gasteiger partial charge in [0.2, 0.25) is 0 Å². The Hall–Kier alpha value is -0.940. The topological polar surface area (TPSA) is 53.4 Å². The lowest BCUT2D eigenvalue weighted by atomic mass is 10.1. The SMILES string of the molecule is Cc1nc(C(C)N(CCCC(=O)O)C(C)C)cs1. The van der Waals surface area contributed by atoms with E-state index in [0.717, 1.165) is 17.2 Å². The van der Waals surface area contributed by atoms with Gasteiger partial charge in [-0.3, -0.25) is 9.69 Å². The average molecular weight is 270 g/mol. The summed E-state index contributed by atoms with van der Waals surface area (Å²) in [6.45, 7) is 9.20. The Morgan fingerprint density at radius 1 is 1.50 bits per heavy atom. The van der Waals surface area contributed by atoms with E-state index in [1.54, 1.807) is 11.3 Å². The van der Waals surface area contributed by atoms with Crippen molar-refractivity contribution >= 4 is 17.3 Å². The first-order valence-corrected chi connectivity index (χ1v) is 7.19. The molecule has 1 unspecified atom stereocenters. The molecule has 0 aliphatic carbocycles. The summed E-state index contributed by atoms with van der Waals surface area (Å²) in [5.74, 6) is -0.726. The third kappa shape index (κ3) is 4.38. The average Bonchev–Trinajstić information content (AvgIpc) is 2.69. The highest BCUT2D eigenvalue weighted by molar-refractivity contribution is 7.09. The molecule has 5 heteroatoms. The molecule has 0 aliphatic rings. The number of carboxylic acids is 1. The quantitative estimate of drug-likeness (QED) is 0.827. The molecule has 0 fully saturated rings. The van der Waals surface area contributed by atoms with Crippen molar-refractivity contribution in [3.05, 3.63) is 16.1 Å². The monoisotopic (exact) mass is 270 g/mol. The van der Waals surface area contributed by atoms with E-state index in [1.165, 1.54) is 0 Å². The molecule has 1 N–H and O–H groups in total. The number of nitrogens with zero attached hydrogens (tertiary/aromatic N) is 2. The zero-order valence-electron chi connectivity index (χ0n) is 11.5. The standard InChI is InChI=1S/C13H22N2O2S/c1-9(2)15(7-5-6-13(16)17)10(3)12-8-18-11(4)14-12/h8-10H,5-7H2,1-4H3,(H,16,17). The fourth-order valence-corrected chi connectivity index (χ4v) is 2.75. The van der Waals surface area contributed by atoms with Crippen LogP contribution in [0.2, 0.25) is 0 Å². The number of thiazole rings is 1. The molecule has 1 aromatic rings.